The molecule has 0 bridgehead atoms. The largest absolute Gasteiger partial charge is 1.00 e. The van der Waals surface area contributed by atoms with Crippen LogP contribution in [0.3, 0.4) is 0 Å². The first-order valence-electron chi connectivity index (χ1n) is 12.9. The smallest absolute Gasteiger partial charge is 0.382 e. The number of nitrogens with two attached hydrogens (primary N) is 1. The van der Waals surface area contributed by atoms with E-state index in [9.17, 15) is 4.79 Å². The molecule has 2 aliphatic rings. The topological polar surface area (TPSA) is 86.9 Å². The second kappa shape index (κ2) is 17.0. The van der Waals surface area contributed by atoms with Crippen LogP contribution in [0.2, 0.25) is 0 Å². The summed E-state index contributed by atoms with van der Waals surface area (Å²) in [6.45, 7) is 9.40. The van der Waals surface area contributed by atoms with Crippen molar-refractivity contribution in [2.75, 3.05) is 27.2 Å². The number of amides is 1. The van der Waals surface area contributed by atoms with Gasteiger partial charge in [0.05, 0.1) is 0 Å². The molecule has 2 aromatic rings. The van der Waals surface area contributed by atoms with Gasteiger partial charge in [0.15, 0.2) is 0 Å². The Kier molecular flexibility index (Phi) is 15.2. The Morgan fingerprint density at radius 1 is 1.35 bits per heavy atom. The van der Waals surface area contributed by atoms with Crippen molar-refractivity contribution in [3.8, 4) is 0 Å². The summed E-state index contributed by atoms with van der Waals surface area (Å²) < 4.78 is 15.0. The maximum atomic E-state index is 15.0. The van der Waals surface area contributed by atoms with E-state index in [0.29, 0.717) is 29.9 Å². The number of carbonyl (C=O) groups excluding carboxylic acids is 1. The van der Waals surface area contributed by atoms with Gasteiger partial charge in [-0.2, -0.15) is 10.7 Å². The van der Waals surface area contributed by atoms with Crippen LogP contribution in [0.4, 0.5) is 4.39 Å². The average Bonchev–Trinajstić information content (AvgIpc) is 2.93. The molecule has 210 valence electrons. The molecule has 0 spiro atoms. The summed E-state index contributed by atoms with van der Waals surface area (Å²) in [5.41, 5.74) is 13.3. The number of rotatable bonds is 6. The van der Waals surface area contributed by atoms with Gasteiger partial charge in [-0.15, -0.1) is 12.3 Å². The molecule has 0 radical (unpaired) electrons. The molecule has 0 fully saturated rings. The van der Waals surface area contributed by atoms with Crippen molar-refractivity contribution < 1.29 is 60.6 Å². The average molecular weight is 571 g/mol. The van der Waals surface area contributed by atoms with E-state index < -0.39 is 0 Å². The monoisotopic (exact) mass is 570 g/mol. The van der Waals surface area contributed by atoms with Crippen molar-refractivity contribution in [1.29, 1.82) is 0 Å². The number of pyridine rings is 1. The third-order valence-corrected chi connectivity index (χ3v) is 6.47. The Morgan fingerprint density at radius 2 is 2.08 bits per heavy atom. The van der Waals surface area contributed by atoms with Crippen LogP contribution in [0.5, 0.6) is 0 Å². The maximum absolute atomic E-state index is 15.0. The Balaban J connectivity index is 0.00000196. The molecular formula is C31H40FKN6O-2. The van der Waals surface area contributed by atoms with Gasteiger partial charge in [-0.05, 0) is 42.7 Å². The minimum absolute atomic E-state index is 0. The number of carbonyl (C=O) groups is 1. The summed E-state index contributed by atoms with van der Waals surface area (Å²) in [4.78, 5) is 20.1. The van der Waals surface area contributed by atoms with Gasteiger partial charge in [0.25, 0.3) is 5.91 Å². The second-order valence-corrected chi connectivity index (χ2v) is 9.24. The van der Waals surface area contributed by atoms with E-state index in [-0.39, 0.29) is 82.6 Å². The normalized spacial score (nSPS) is 17.2. The SMILES string of the molecule is CC.Cc1cc(C(=O)N(C)C)cc(F)c1C1=CCN(C(C)[C-]=Cc2[c-]nccc2C2C=CC(N)=NN2)CC1.[CH3-].[K+]. The Labute approximate surface area is 281 Å². The summed E-state index contributed by atoms with van der Waals surface area (Å²) in [7, 11) is 3.33. The fraction of sp³-hybridized carbons (Fsp3) is 0.355. The van der Waals surface area contributed by atoms with Crippen LogP contribution in [0.1, 0.15) is 65.8 Å². The van der Waals surface area contributed by atoms with Crippen molar-refractivity contribution in [2.45, 2.75) is 46.2 Å². The molecule has 7 nitrogen and oxygen atoms in total. The molecule has 3 heterocycles. The van der Waals surface area contributed by atoms with Gasteiger partial charge < -0.3 is 45.5 Å². The number of nitrogens with zero attached hydrogens (tertiary/aromatic N) is 4. The zero-order chi connectivity index (χ0) is 27.8. The van der Waals surface area contributed by atoms with Crippen molar-refractivity contribution in [2.24, 2.45) is 10.8 Å². The van der Waals surface area contributed by atoms with Crippen molar-refractivity contribution in [3.63, 3.8) is 0 Å². The van der Waals surface area contributed by atoms with Gasteiger partial charge in [0, 0.05) is 44.4 Å². The predicted molar refractivity (Wildman–Crippen MR) is 158 cm³/mol. The van der Waals surface area contributed by atoms with Crippen LogP contribution < -0.4 is 62.5 Å². The third-order valence-electron chi connectivity index (χ3n) is 6.47. The van der Waals surface area contributed by atoms with Crippen LogP contribution in [-0.2, 0) is 0 Å². The number of hydrogen-bond acceptors (Lipinski definition) is 6. The number of halogens is 1. The summed E-state index contributed by atoms with van der Waals surface area (Å²) in [6.07, 6.45) is 16.6. The Bertz CT molecular complexity index is 1250. The minimum atomic E-state index is -0.351. The quantitative estimate of drug-likeness (QED) is 0.410. The number of benzene rings is 1. The predicted octanol–water partition coefficient (Wildman–Crippen LogP) is 1.98. The third kappa shape index (κ3) is 8.93. The van der Waals surface area contributed by atoms with Gasteiger partial charge in [-0.1, -0.05) is 45.2 Å². The van der Waals surface area contributed by atoms with E-state index >= 15 is 4.39 Å². The maximum Gasteiger partial charge on any atom is 1.00 e. The van der Waals surface area contributed by atoms with E-state index in [1.54, 1.807) is 32.4 Å². The molecule has 9 heteroatoms. The zero-order valence-electron chi connectivity index (χ0n) is 25.0. The first-order chi connectivity index (χ1) is 18.2. The summed E-state index contributed by atoms with van der Waals surface area (Å²) in [6, 6.07) is 4.97. The van der Waals surface area contributed by atoms with Crippen molar-refractivity contribution >= 4 is 23.4 Å². The van der Waals surface area contributed by atoms with E-state index in [0.717, 1.165) is 28.8 Å². The van der Waals surface area contributed by atoms with E-state index in [1.165, 1.54) is 11.0 Å². The fourth-order valence-corrected chi connectivity index (χ4v) is 4.46. The number of aromatic nitrogens is 1. The molecule has 2 unspecified atom stereocenters. The zero-order valence-corrected chi connectivity index (χ0v) is 28.2. The van der Waals surface area contributed by atoms with E-state index in [4.69, 9.17) is 5.73 Å². The van der Waals surface area contributed by atoms with E-state index in [1.807, 2.05) is 39.0 Å². The van der Waals surface area contributed by atoms with Crippen LogP contribution in [0, 0.1) is 32.4 Å². The number of nitrogens with one attached hydrogen (secondary N) is 1. The first kappa shape index (κ1) is 35.9. The molecule has 2 aliphatic heterocycles. The molecule has 0 aliphatic carbocycles. The molecule has 1 aromatic carbocycles. The van der Waals surface area contributed by atoms with Gasteiger partial charge in [0.1, 0.15) is 11.7 Å². The Hall–Kier alpha value is -2.14. The van der Waals surface area contributed by atoms with Crippen molar-refractivity contribution in [1.82, 2.24) is 20.2 Å². The summed E-state index contributed by atoms with van der Waals surface area (Å²) in [5.74, 6) is -0.118. The number of aryl methyl sites for hydroxylation is 1. The molecule has 1 aromatic heterocycles. The molecule has 40 heavy (non-hydrogen) atoms. The molecule has 1 amide bonds. The summed E-state index contributed by atoms with van der Waals surface area (Å²) in [5, 5.41) is 4.09. The molecule has 4 rings (SSSR count). The molecular weight excluding hydrogens is 530 g/mol. The van der Waals surface area contributed by atoms with Gasteiger partial charge in [-0.3, -0.25) is 10.4 Å². The van der Waals surface area contributed by atoms with Crippen LogP contribution in [0.25, 0.3) is 11.6 Å². The second-order valence-electron chi connectivity index (χ2n) is 9.24. The fourth-order valence-electron chi connectivity index (χ4n) is 4.46. The molecule has 0 saturated heterocycles. The molecule has 3 N–H and O–H groups in total. The van der Waals surface area contributed by atoms with E-state index in [2.05, 4.69) is 45.7 Å². The number of hydrogen-bond donors (Lipinski definition) is 2. The number of amidine groups is 1. The van der Waals surface area contributed by atoms with Gasteiger partial charge in [-0.25, -0.2) is 4.39 Å². The van der Waals surface area contributed by atoms with Crippen LogP contribution in [0.15, 0.2) is 47.7 Å². The van der Waals surface area contributed by atoms with Crippen molar-refractivity contribution in [3.05, 3.63) is 96.0 Å². The molecule has 2 atom stereocenters. The number of hydrazone groups is 1. The molecule has 0 saturated carbocycles. The van der Waals surface area contributed by atoms with Crippen LogP contribution >= 0.6 is 0 Å². The van der Waals surface area contributed by atoms with Crippen LogP contribution in [-0.4, -0.2) is 59.8 Å². The van der Waals surface area contributed by atoms with Gasteiger partial charge >= 0.3 is 51.4 Å². The Morgan fingerprint density at radius 3 is 2.65 bits per heavy atom. The minimum Gasteiger partial charge on any atom is -0.382 e. The first-order valence-corrected chi connectivity index (χ1v) is 12.9. The van der Waals surface area contributed by atoms with Gasteiger partial charge in [0.2, 0.25) is 0 Å². The standard InChI is InChI=1S/C28H31FN6O.C2H6.CH3.K/c1-18-15-22(28(36)34(3)4)16-24(29)27(18)20-10-13-35(14-11-20)19(2)5-6-21-17-31-12-9-23(21)25-7-8-26(30)33-32-25;1-2;;/h6-10,12,15-16,19,25,32H,11,13-14H2,1-4H3,(H2,30,33);1-2H3;1H3;/q-2;;-1;+1. The summed E-state index contributed by atoms with van der Waals surface area (Å²) >= 11 is 0.